The molecule has 0 bridgehead atoms. The molecule has 16 heavy (non-hydrogen) atoms. The first-order valence-corrected chi connectivity index (χ1v) is 7.16. The highest BCUT2D eigenvalue weighted by Gasteiger charge is 2.17. The normalized spacial score (nSPS) is 13.7. The third-order valence-electron chi connectivity index (χ3n) is 2.76. The number of unbranched alkanes of at least 4 members (excludes halogenated alkanes) is 1. The highest BCUT2D eigenvalue weighted by atomic mass is 32.2. The highest BCUT2D eigenvalue weighted by Crippen LogP contribution is 2.20. The van der Waals surface area contributed by atoms with Gasteiger partial charge in [0, 0.05) is 0 Å². The maximum atomic E-state index is 11.2. The monoisotopic (exact) mass is 241 g/mol. The van der Waals surface area contributed by atoms with Gasteiger partial charge in [-0.2, -0.15) is 0 Å². The lowest BCUT2D eigenvalue weighted by Gasteiger charge is -2.10. The van der Waals surface area contributed by atoms with E-state index in [-0.39, 0.29) is 0 Å². The van der Waals surface area contributed by atoms with Gasteiger partial charge in [0.2, 0.25) is 10.0 Å². The number of aryl methyl sites for hydroxylation is 1. The first-order chi connectivity index (χ1) is 7.45. The van der Waals surface area contributed by atoms with E-state index in [0.29, 0.717) is 0 Å². The van der Waals surface area contributed by atoms with Crippen LogP contribution in [0.25, 0.3) is 0 Å². The van der Waals surface area contributed by atoms with Crippen molar-refractivity contribution in [2.75, 3.05) is 0 Å². The van der Waals surface area contributed by atoms with Crippen LogP contribution in [-0.2, 0) is 16.4 Å². The minimum Gasteiger partial charge on any atom is -0.228 e. The van der Waals surface area contributed by atoms with Gasteiger partial charge in [-0.1, -0.05) is 37.6 Å². The molecule has 1 atom stereocenters. The Balaban J connectivity index is 2.79. The number of primary sulfonamides is 1. The topological polar surface area (TPSA) is 60.2 Å². The van der Waals surface area contributed by atoms with Crippen LogP contribution in [0.1, 0.15) is 43.1 Å². The van der Waals surface area contributed by atoms with Gasteiger partial charge in [0.1, 0.15) is 0 Å². The molecule has 0 spiro atoms. The van der Waals surface area contributed by atoms with Crippen LogP contribution in [0, 0.1) is 0 Å². The molecule has 2 N–H and O–H groups in total. The lowest BCUT2D eigenvalue weighted by Crippen LogP contribution is -2.19. The molecule has 0 heterocycles. The number of hydrogen-bond donors (Lipinski definition) is 1. The summed E-state index contributed by atoms with van der Waals surface area (Å²) in [6.45, 7) is 3.76. The Morgan fingerprint density at radius 2 is 1.81 bits per heavy atom. The van der Waals surface area contributed by atoms with Gasteiger partial charge in [-0.05, 0) is 30.9 Å². The first-order valence-electron chi connectivity index (χ1n) is 5.55. The Labute approximate surface area is 97.7 Å². The molecule has 0 saturated heterocycles. The van der Waals surface area contributed by atoms with Gasteiger partial charge in [0.15, 0.2) is 0 Å². The van der Waals surface area contributed by atoms with Crippen molar-refractivity contribution in [3.8, 4) is 0 Å². The van der Waals surface area contributed by atoms with Gasteiger partial charge >= 0.3 is 0 Å². The first kappa shape index (κ1) is 13.2. The van der Waals surface area contributed by atoms with Crippen molar-refractivity contribution in [2.45, 2.75) is 38.4 Å². The molecule has 3 nitrogen and oxygen atoms in total. The molecule has 90 valence electrons. The largest absolute Gasteiger partial charge is 0.228 e. The summed E-state index contributed by atoms with van der Waals surface area (Å²) in [4.78, 5) is 0. The second-order valence-electron chi connectivity index (χ2n) is 4.08. The molecule has 0 aliphatic rings. The summed E-state index contributed by atoms with van der Waals surface area (Å²) >= 11 is 0. The van der Waals surface area contributed by atoms with Crippen molar-refractivity contribution in [1.29, 1.82) is 0 Å². The lowest BCUT2D eigenvalue weighted by atomic mass is 10.1. The van der Waals surface area contributed by atoms with Gasteiger partial charge in [0.05, 0.1) is 5.25 Å². The van der Waals surface area contributed by atoms with Gasteiger partial charge in [-0.25, -0.2) is 13.6 Å². The predicted octanol–water partition coefficient (Wildman–Crippen LogP) is 2.38. The lowest BCUT2D eigenvalue weighted by molar-refractivity contribution is 0.588. The fourth-order valence-corrected chi connectivity index (χ4v) is 2.06. The molecule has 0 radical (unpaired) electrons. The fourth-order valence-electron chi connectivity index (χ4n) is 1.53. The minimum absolute atomic E-state index is 0.632. The van der Waals surface area contributed by atoms with Crippen molar-refractivity contribution in [3.05, 3.63) is 35.4 Å². The summed E-state index contributed by atoms with van der Waals surface area (Å²) in [5, 5.41) is 4.47. The average molecular weight is 241 g/mol. The quantitative estimate of drug-likeness (QED) is 0.860. The van der Waals surface area contributed by atoms with E-state index in [0.717, 1.165) is 24.8 Å². The second-order valence-corrected chi connectivity index (χ2v) is 5.96. The summed E-state index contributed by atoms with van der Waals surface area (Å²) in [7, 11) is -3.49. The Morgan fingerprint density at radius 3 is 2.25 bits per heavy atom. The zero-order valence-corrected chi connectivity index (χ0v) is 10.6. The van der Waals surface area contributed by atoms with Crippen molar-refractivity contribution in [3.63, 3.8) is 0 Å². The van der Waals surface area contributed by atoms with Crippen LogP contribution >= 0.6 is 0 Å². The van der Waals surface area contributed by atoms with E-state index >= 15 is 0 Å². The highest BCUT2D eigenvalue weighted by molar-refractivity contribution is 7.89. The van der Waals surface area contributed by atoms with Gasteiger partial charge in [-0.3, -0.25) is 0 Å². The summed E-state index contributed by atoms with van der Waals surface area (Å²) in [5.74, 6) is 0. The van der Waals surface area contributed by atoms with Gasteiger partial charge in [-0.15, -0.1) is 0 Å². The predicted molar refractivity (Wildman–Crippen MR) is 66.6 cm³/mol. The molecule has 1 rings (SSSR count). The maximum absolute atomic E-state index is 11.2. The molecule has 1 aromatic carbocycles. The Bertz CT molecular complexity index is 423. The van der Waals surface area contributed by atoms with E-state index in [1.807, 2.05) is 24.3 Å². The molecule has 0 amide bonds. The summed E-state index contributed by atoms with van der Waals surface area (Å²) in [6.07, 6.45) is 3.36. The minimum atomic E-state index is -3.49. The number of benzene rings is 1. The molecule has 0 fully saturated rings. The van der Waals surface area contributed by atoms with Crippen molar-refractivity contribution in [2.24, 2.45) is 5.14 Å². The summed E-state index contributed by atoms with van der Waals surface area (Å²) in [5.41, 5.74) is 2.00. The SMILES string of the molecule is CCCCc1ccc(C(C)S(N)(=O)=O)cc1. The Morgan fingerprint density at radius 1 is 1.25 bits per heavy atom. The molecule has 0 aromatic heterocycles. The smallest absolute Gasteiger partial charge is 0.215 e. The van der Waals surface area contributed by atoms with Crippen LogP contribution in [0.5, 0.6) is 0 Å². The molecule has 0 aliphatic carbocycles. The van der Waals surface area contributed by atoms with E-state index in [9.17, 15) is 8.42 Å². The van der Waals surface area contributed by atoms with Crippen LogP contribution < -0.4 is 5.14 Å². The summed E-state index contributed by atoms with van der Waals surface area (Å²) in [6, 6.07) is 7.65. The van der Waals surface area contributed by atoms with E-state index in [1.165, 1.54) is 5.56 Å². The zero-order chi connectivity index (χ0) is 12.2. The molecular weight excluding hydrogens is 222 g/mol. The number of hydrogen-bond acceptors (Lipinski definition) is 2. The Hall–Kier alpha value is -0.870. The van der Waals surface area contributed by atoms with Crippen LogP contribution in [0.15, 0.2) is 24.3 Å². The molecule has 4 heteroatoms. The van der Waals surface area contributed by atoms with Gasteiger partial charge in [0.25, 0.3) is 0 Å². The van der Waals surface area contributed by atoms with E-state index in [4.69, 9.17) is 5.14 Å². The maximum Gasteiger partial charge on any atom is 0.215 e. The Kier molecular flexibility index (Phi) is 4.50. The number of rotatable bonds is 5. The third kappa shape index (κ3) is 3.61. The molecule has 1 aromatic rings. The second kappa shape index (κ2) is 5.46. The summed E-state index contributed by atoms with van der Waals surface area (Å²) < 4.78 is 22.3. The van der Waals surface area contributed by atoms with Crippen molar-refractivity contribution in [1.82, 2.24) is 0 Å². The molecule has 1 unspecified atom stereocenters. The number of sulfonamides is 1. The van der Waals surface area contributed by atoms with Crippen LogP contribution in [-0.4, -0.2) is 8.42 Å². The van der Waals surface area contributed by atoms with Crippen molar-refractivity contribution >= 4 is 10.0 Å². The van der Waals surface area contributed by atoms with Crippen LogP contribution in [0.4, 0.5) is 0 Å². The van der Waals surface area contributed by atoms with E-state index in [2.05, 4.69) is 6.92 Å². The van der Waals surface area contributed by atoms with Gasteiger partial charge < -0.3 is 0 Å². The standard InChI is InChI=1S/C12H19NO2S/c1-3-4-5-11-6-8-12(9-7-11)10(2)16(13,14)15/h6-10H,3-5H2,1-2H3,(H2,13,14,15). The third-order valence-corrected chi connectivity index (χ3v) is 4.02. The zero-order valence-electron chi connectivity index (χ0n) is 9.81. The number of nitrogens with two attached hydrogens (primary N) is 1. The van der Waals surface area contributed by atoms with E-state index in [1.54, 1.807) is 6.92 Å². The molecular formula is C12H19NO2S. The van der Waals surface area contributed by atoms with Crippen LogP contribution in [0.3, 0.4) is 0 Å². The van der Waals surface area contributed by atoms with E-state index < -0.39 is 15.3 Å². The van der Waals surface area contributed by atoms with Crippen molar-refractivity contribution < 1.29 is 8.42 Å². The molecule has 0 aliphatic heterocycles. The fraction of sp³-hybridized carbons (Fsp3) is 0.500. The van der Waals surface area contributed by atoms with Crippen LogP contribution in [0.2, 0.25) is 0 Å². The molecule has 0 saturated carbocycles. The average Bonchev–Trinajstić information content (AvgIpc) is 2.25.